The number of rotatable bonds is 4. The van der Waals surface area contributed by atoms with Gasteiger partial charge in [0.2, 0.25) is 0 Å². The van der Waals surface area contributed by atoms with E-state index < -0.39 is 0 Å². The van der Waals surface area contributed by atoms with Crippen LogP contribution in [0, 0.1) is 0 Å². The average Bonchev–Trinajstić information content (AvgIpc) is 2.88. The van der Waals surface area contributed by atoms with Crippen LogP contribution in [0.2, 0.25) is 0 Å². The molecular formula is C15H13NOS2. The van der Waals surface area contributed by atoms with E-state index in [0.717, 1.165) is 21.4 Å². The van der Waals surface area contributed by atoms with Crippen LogP contribution in [-0.2, 0) is 5.75 Å². The molecule has 0 radical (unpaired) electrons. The van der Waals surface area contributed by atoms with Crippen LogP contribution in [0.5, 0.6) is 5.75 Å². The second-order valence-corrected chi connectivity index (χ2v) is 6.34. The molecule has 2 nitrogen and oxygen atoms in total. The number of aromatic nitrogens is 1. The van der Waals surface area contributed by atoms with Gasteiger partial charge in [0.1, 0.15) is 5.75 Å². The average molecular weight is 287 g/mol. The molecule has 4 heteroatoms. The summed E-state index contributed by atoms with van der Waals surface area (Å²) in [5.41, 5.74) is 2.34. The molecule has 2 aromatic carbocycles. The lowest BCUT2D eigenvalue weighted by Gasteiger charge is -1.97. The lowest BCUT2D eigenvalue weighted by molar-refractivity contribution is 0.415. The number of fused-ring (bicyclic) bond motifs is 1. The van der Waals surface area contributed by atoms with Gasteiger partial charge in [0.15, 0.2) is 4.34 Å². The number of nitrogens with zero attached hydrogens (tertiary/aromatic N) is 1. The maximum atomic E-state index is 5.22. The molecule has 0 saturated carbocycles. The minimum atomic E-state index is 0.859. The van der Waals surface area contributed by atoms with Gasteiger partial charge in [0, 0.05) is 11.8 Å². The van der Waals surface area contributed by atoms with E-state index in [-0.39, 0.29) is 0 Å². The van der Waals surface area contributed by atoms with E-state index in [1.54, 1.807) is 30.2 Å². The molecule has 0 amide bonds. The Hall–Kier alpha value is -1.52. The minimum Gasteiger partial charge on any atom is -0.497 e. The summed E-state index contributed by atoms with van der Waals surface area (Å²) < 4.78 is 7.53. The van der Waals surface area contributed by atoms with Gasteiger partial charge in [-0.3, -0.25) is 0 Å². The highest BCUT2D eigenvalue weighted by Gasteiger charge is 2.05. The minimum absolute atomic E-state index is 0.859. The lowest BCUT2D eigenvalue weighted by atomic mass is 10.2. The van der Waals surface area contributed by atoms with E-state index in [4.69, 9.17) is 4.74 Å². The third-order valence-electron chi connectivity index (χ3n) is 2.78. The largest absolute Gasteiger partial charge is 0.497 e. The first kappa shape index (κ1) is 12.5. The van der Waals surface area contributed by atoms with Gasteiger partial charge >= 0.3 is 0 Å². The summed E-state index contributed by atoms with van der Waals surface area (Å²) in [4.78, 5) is 4.64. The highest BCUT2D eigenvalue weighted by Crippen LogP contribution is 2.32. The molecule has 19 heavy (non-hydrogen) atoms. The number of hydrogen-bond acceptors (Lipinski definition) is 4. The van der Waals surface area contributed by atoms with Crippen LogP contribution in [0.4, 0.5) is 0 Å². The van der Waals surface area contributed by atoms with Crippen molar-refractivity contribution in [1.82, 2.24) is 4.98 Å². The van der Waals surface area contributed by atoms with E-state index in [2.05, 4.69) is 35.3 Å². The number of thioether (sulfide) groups is 1. The molecule has 0 spiro atoms. The van der Waals surface area contributed by atoms with Crippen LogP contribution >= 0.6 is 23.1 Å². The van der Waals surface area contributed by atoms with Crippen molar-refractivity contribution in [3.8, 4) is 5.75 Å². The zero-order chi connectivity index (χ0) is 13.1. The Morgan fingerprint density at radius 1 is 1.16 bits per heavy atom. The fourth-order valence-corrected chi connectivity index (χ4v) is 3.80. The molecule has 0 fully saturated rings. The molecular weight excluding hydrogens is 274 g/mol. The van der Waals surface area contributed by atoms with Crippen LogP contribution in [0.15, 0.2) is 52.9 Å². The Morgan fingerprint density at radius 2 is 2.00 bits per heavy atom. The molecule has 0 atom stereocenters. The molecule has 3 rings (SSSR count). The van der Waals surface area contributed by atoms with Crippen molar-refractivity contribution in [2.75, 3.05) is 7.11 Å². The van der Waals surface area contributed by atoms with Gasteiger partial charge in [0.05, 0.1) is 17.3 Å². The standard InChI is InChI=1S/C15H13NOS2/c1-17-12-7-8-14-13(9-12)16-15(19-14)18-10-11-5-3-2-4-6-11/h2-9H,10H2,1H3. The fraction of sp³-hybridized carbons (Fsp3) is 0.133. The van der Waals surface area contributed by atoms with Crippen molar-refractivity contribution >= 4 is 33.3 Å². The molecule has 0 aliphatic heterocycles. The summed E-state index contributed by atoms with van der Waals surface area (Å²) in [6.45, 7) is 0. The van der Waals surface area contributed by atoms with Crippen LogP contribution < -0.4 is 4.74 Å². The van der Waals surface area contributed by atoms with Crippen molar-refractivity contribution in [1.29, 1.82) is 0 Å². The SMILES string of the molecule is COc1ccc2sc(SCc3ccccc3)nc2c1. The van der Waals surface area contributed by atoms with Gasteiger partial charge in [-0.05, 0) is 17.7 Å². The Kier molecular flexibility index (Phi) is 3.71. The van der Waals surface area contributed by atoms with Gasteiger partial charge in [-0.15, -0.1) is 11.3 Å². The molecule has 0 aliphatic rings. The molecule has 0 aliphatic carbocycles. The van der Waals surface area contributed by atoms with Crippen LogP contribution in [-0.4, -0.2) is 12.1 Å². The number of ether oxygens (including phenoxy) is 1. The van der Waals surface area contributed by atoms with Crippen LogP contribution in [0.1, 0.15) is 5.56 Å². The van der Waals surface area contributed by atoms with Crippen molar-refractivity contribution in [2.45, 2.75) is 10.1 Å². The Morgan fingerprint density at radius 3 is 2.79 bits per heavy atom. The van der Waals surface area contributed by atoms with Crippen molar-refractivity contribution < 1.29 is 4.74 Å². The molecule has 0 N–H and O–H groups in total. The van der Waals surface area contributed by atoms with Crippen molar-refractivity contribution in [3.05, 3.63) is 54.1 Å². The summed E-state index contributed by atoms with van der Waals surface area (Å²) in [5.74, 6) is 1.81. The van der Waals surface area contributed by atoms with E-state index in [0.29, 0.717) is 0 Å². The quantitative estimate of drug-likeness (QED) is 0.655. The Balaban J connectivity index is 1.78. The monoisotopic (exact) mass is 287 g/mol. The first-order valence-corrected chi connectivity index (χ1v) is 7.76. The number of thiazole rings is 1. The predicted molar refractivity (Wildman–Crippen MR) is 82.2 cm³/mol. The zero-order valence-electron chi connectivity index (χ0n) is 10.5. The third kappa shape index (κ3) is 2.91. The van der Waals surface area contributed by atoms with Crippen LogP contribution in [0.25, 0.3) is 10.2 Å². The smallest absolute Gasteiger partial charge is 0.151 e. The normalized spacial score (nSPS) is 10.8. The molecule has 0 bridgehead atoms. The van der Waals surface area contributed by atoms with Gasteiger partial charge < -0.3 is 4.74 Å². The second-order valence-electron chi connectivity index (χ2n) is 4.09. The molecule has 3 aromatic rings. The maximum absolute atomic E-state index is 5.22. The molecule has 0 saturated heterocycles. The predicted octanol–water partition coefficient (Wildman–Crippen LogP) is 4.60. The fourth-order valence-electron chi connectivity index (χ4n) is 1.79. The lowest BCUT2D eigenvalue weighted by Crippen LogP contribution is -1.81. The number of methoxy groups -OCH3 is 1. The van der Waals surface area contributed by atoms with Gasteiger partial charge in [-0.1, -0.05) is 42.1 Å². The number of benzene rings is 2. The first-order chi connectivity index (χ1) is 9.35. The maximum Gasteiger partial charge on any atom is 0.151 e. The number of hydrogen-bond donors (Lipinski definition) is 0. The van der Waals surface area contributed by atoms with Gasteiger partial charge in [-0.2, -0.15) is 0 Å². The molecule has 96 valence electrons. The molecule has 1 aromatic heterocycles. The van der Waals surface area contributed by atoms with Gasteiger partial charge in [0.25, 0.3) is 0 Å². The van der Waals surface area contributed by atoms with Crippen LogP contribution in [0.3, 0.4) is 0 Å². The third-order valence-corrected chi connectivity index (χ3v) is 5.03. The summed E-state index contributed by atoms with van der Waals surface area (Å²) in [6, 6.07) is 16.5. The molecule has 1 heterocycles. The topological polar surface area (TPSA) is 22.1 Å². The zero-order valence-corrected chi connectivity index (χ0v) is 12.1. The van der Waals surface area contributed by atoms with Crippen molar-refractivity contribution in [3.63, 3.8) is 0 Å². The summed E-state index contributed by atoms with van der Waals surface area (Å²) in [5, 5.41) is 0. The highest BCUT2D eigenvalue weighted by atomic mass is 32.2. The summed E-state index contributed by atoms with van der Waals surface area (Å²) in [7, 11) is 1.68. The first-order valence-electron chi connectivity index (χ1n) is 5.96. The highest BCUT2D eigenvalue weighted by molar-refractivity contribution is 8.00. The van der Waals surface area contributed by atoms with E-state index in [9.17, 15) is 0 Å². The van der Waals surface area contributed by atoms with E-state index >= 15 is 0 Å². The van der Waals surface area contributed by atoms with E-state index in [1.807, 2.05) is 18.2 Å². The van der Waals surface area contributed by atoms with E-state index in [1.165, 1.54) is 10.3 Å². The Bertz CT molecular complexity index is 679. The van der Waals surface area contributed by atoms with Crippen molar-refractivity contribution in [2.24, 2.45) is 0 Å². The summed E-state index contributed by atoms with van der Waals surface area (Å²) in [6.07, 6.45) is 0. The second kappa shape index (κ2) is 5.63. The molecule has 0 unspecified atom stereocenters. The summed E-state index contributed by atoms with van der Waals surface area (Å²) >= 11 is 3.51. The Labute approximate surface area is 120 Å². The van der Waals surface area contributed by atoms with Gasteiger partial charge in [-0.25, -0.2) is 4.98 Å².